The van der Waals surface area contributed by atoms with E-state index in [1.807, 2.05) is 60.9 Å². The van der Waals surface area contributed by atoms with Crippen LogP contribution in [0.25, 0.3) is 21.9 Å². The smallest absolute Gasteiger partial charge is 0.232 e. The first-order valence-electron chi connectivity index (χ1n) is 22.2. The predicted molar refractivity (Wildman–Crippen MR) is 242 cm³/mol. The minimum absolute atomic E-state index is 0.691. The molecule has 27 heteroatoms. The number of benzene rings is 7. The lowest BCUT2D eigenvalue weighted by atomic mass is 9.12. The molecule has 0 saturated carbocycles. The van der Waals surface area contributed by atoms with E-state index in [1.165, 1.54) is 16.5 Å². The number of aromatic nitrogens is 1. The van der Waals surface area contributed by atoms with Gasteiger partial charge in [0.2, 0.25) is 18.1 Å². The molecule has 422 valence electrons. The van der Waals surface area contributed by atoms with Gasteiger partial charge in [0.25, 0.3) is 0 Å². The SMILES string of the molecule is FC(F)(F)c1cc([B-](c2cc(C(F)(F)F)cc(C(F)(F)F)c2)(c2cc(C(F)(F)F)cc(C(F)(F)F)c2)c2cc(C(F)(F)F)cc(C(F)(F)F)c2)cc(C(F)(F)F)c1.c1ccc(-c2ccc(O[n+]3ccc4ccccc4c3)cc2)cc1. The Morgan fingerprint density at radius 2 is 0.537 bits per heavy atom. The molecule has 0 radical (unpaired) electrons. The van der Waals surface area contributed by atoms with E-state index in [0.29, 0.717) is 0 Å². The average molecular weight is 1160 g/mol. The zero-order valence-corrected chi connectivity index (χ0v) is 39.2. The van der Waals surface area contributed by atoms with Crippen molar-refractivity contribution in [1.29, 1.82) is 0 Å². The molecule has 0 bridgehead atoms. The summed E-state index contributed by atoms with van der Waals surface area (Å²) in [4.78, 5) is 5.89. The van der Waals surface area contributed by atoms with Gasteiger partial charge in [-0.05, 0) is 59.0 Å². The molecule has 0 aliphatic heterocycles. The highest BCUT2D eigenvalue weighted by atomic mass is 19.4. The second-order valence-corrected chi connectivity index (χ2v) is 17.6. The highest BCUT2D eigenvalue weighted by Crippen LogP contribution is 2.41. The summed E-state index contributed by atoms with van der Waals surface area (Å²) < 4.78 is 343. The van der Waals surface area contributed by atoms with Gasteiger partial charge in [-0.2, -0.15) is 127 Å². The van der Waals surface area contributed by atoms with Crippen LogP contribution in [0.1, 0.15) is 44.5 Å². The van der Waals surface area contributed by atoms with Crippen molar-refractivity contribution in [2.75, 3.05) is 0 Å². The third-order valence-corrected chi connectivity index (χ3v) is 12.3. The van der Waals surface area contributed by atoms with Crippen LogP contribution in [0.3, 0.4) is 0 Å². The second-order valence-electron chi connectivity index (χ2n) is 17.6. The van der Waals surface area contributed by atoms with Crippen LogP contribution in [0, 0.1) is 0 Å². The number of alkyl halides is 24. The van der Waals surface area contributed by atoms with Crippen LogP contribution >= 0.6 is 0 Å². The van der Waals surface area contributed by atoms with Crippen LogP contribution in [-0.4, -0.2) is 6.15 Å². The predicted octanol–water partition coefficient (Wildman–Crippen LogP) is 15.9. The zero-order chi connectivity index (χ0) is 59.4. The first kappa shape index (κ1) is 59.8. The number of pyridine rings is 1. The van der Waals surface area contributed by atoms with Gasteiger partial charge >= 0.3 is 49.4 Å². The minimum atomic E-state index is -6.13. The Labute approximate surface area is 434 Å². The van der Waals surface area contributed by atoms with Crippen LogP contribution in [0.4, 0.5) is 105 Å². The van der Waals surface area contributed by atoms with E-state index in [1.54, 1.807) is 4.73 Å². The Morgan fingerprint density at radius 3 is 0.825 bits per heavy atom. The van der Waals surface area contributed by atoms with Crippen molar-refractivity contribution < 1.29 is 115 Å². The van der Waals surface area contributed by atoms with Gasteiger partial charge in [0, 0.05) is 10.8 Å². The van der Waals surface area contributed by atoms with Crippen molar-refractivity contribution in [2.45, 2.75) is 49.4 Å². The maximum atomic E-state index is 14.2. The van der Waals surface area contributed by atoms with Crippen LogP contribution in [0.15, 0.2) is 170 Å². The van der Waals surface area contributed by atoms with E-state index in [0.717, 1.165) is 11.1 Å². The van der Waals surface area contributed by atoms with Crippen molar-refractivity contribution in [2.24, 2.45) is 0 Å². The lowest BCUT2D eigenvalue weighted by molar-refractivity contribution is -0.874. The summed E-state index contributed by atoms with van der Waals surface area (Å²) in [6.07, 6.45) is -50.9. The Balaban J connectivity index is 0.000000329. The molecule has 0 atom stereocenters. The normalized spacial score (nSPS) is 13.2. The number of nitrogens with zero attached hydrogens (tertiary/aromatic N) is 1. The second kappa shape index (κ2) is 21.0. The van der Waals surface area contributed by atoms with Crippen molar-refractivity contribution in [3.63, 3.8) is 0 Å². The molecule has 0 spiro atoms. The van der Waals surface area contributed by atoms with E-state index in [-0.39, 0.29) is 0 Å². The third-order valence-electron chi connectivity index (χ3n) is 12.3. The zero-order valence-electron chi connectivity index (χ0n) is 39.2. The van der Waals surface area contributed by atoms with Gasteiger partial charge in [-0.25, -0.2) is 4.84 Å². The fraction of sp³-hybridized carbons (Fsp3) is 0.151. The molecule has 7 aromatic carbocycles. The van der Waals surface area contributed by atoms with Gasteiger partial charge in [0.1, 0.15) is 6.15 Å². The molecule has 2 nitrogen and oxygen atoms in total. The average Bonchev–Trinajstić information content (AvgIpc) is 3.35. The van der Waals surface area contributed by atoms with E-state index < -0.39 is 195 Å². The van der Waals surface area contributed by atoms with E-state index in [2.05, 4.69) is 36.4 Å². The topological polar surface area (TPSA) is 13.1 Å². The fourth-order valence-electron chi connectivity index (χ4n) is 8.70. The molecular weight excluding hydrogens is 1130 g/mol. The third kappa shape index (κ3) is 13.4. The molecule has 0 aliphatic rings. The number of fused-ring (bicyclic) bond motifs is 1. The molecule has 0 fully saturated rings. The number of rotatable bonds is 7. The van der Waals surface area contributed by atoms with Crippen molar-refractivity contribution in [1.82, 2.24) is 0 Å². The van der Waals surface area contributed by atoms with Crippen LogP contribution in [0.5, 0.6) is 5.75 Å². The number of hydrogen-bond acceptors (Lipinski definition) is 1. The first-order chi connectivity index (χ1) is 36.6. The molecule has 1 heterocycles. The van der Waals surface area contributed by atoms with Crippen molar-refractivity contribution in [3.05, 3.63) is 215 Å². The molecule has 0 saturated heterocycles. The molecule has 0 aliphatic carbocycles. The highest BCUT2D eigenvalue weighted by molar-refractivity contribution is 7.20. The summed E-state index contributed by atoms with van der Waals surface area (Å²) in [6.45, 7) is 0. The maximum absolute atomic E-state index is 14.2. The highest BCUT2D eigenvalue weighted by Gasteiger charge is 2.47. The van der Waals surface area contributed by atoms with Crippen LogP contribution in [-0.2, 0) is 49.4 Å². The Bertz CT molecular complexity index is 3080. The molecule has 0 N–H and O–H groups in total. The quantitative estimate of drug-likeness (QED) is 0.0881. The van der Waals surface area contributed by atoms with Crippen LogP contribution in [0.2, 0.25) is 0 Å². The molecule has 80 heavy (non-hydrogen) atoms. The summed E-state index contributed by atoms with van der Waals surface area (Å²) in [5.41, 5.74) is -27.8. The summed E-state index contributed by atoms with van der Waals surface area (Å²) in [6, 6.07) is 19.9. The molecule has 8 aromatic rings. The molecule has 0 amide bonds. The van der Waals surface area contributed by atoms with E-state index in [4.69, 9.17) is 4.84 Å². The van der Waals surface area contributed by atoms with E-state index in [9.17, 15) is 105 Å². The van der Waals surface area contributed by atoms with Gasteiger partial charge in [-0.1, -0.05) is 109 Å². The monoisotopic (exact) mass is 1160 g/mol. The Hall–Kier alpha value is -7.87. The summed E-state index contributed by atoms with van der Waals surface area (Å²) in [5, 5.41) is 2.35. The van der Waals surface area contributed by atoms with Gasteiger partial charge < -0.3 is 0 Å². The molecular formula is C53H28BF24NO. The van der Waals surface area contributed by atoms with E-state index >= 15 is 0 Å². The Kier molecular flexibility index (Phi) is 15.7. The first-order valence-corrected chi connectivity index (χ1v) is 22.2. The maximum Gasteiger partial charge on any atom is 0.416 e. The van der Waals surface area contributed by atoms with Gasteiger partial charge in [0.05, 0.1) is 49.9 Å². The lowest BCUT2D eigenvalue weighted by Gasteiger charge is -2.46. The summed E-state index contributed by atoms with van der Waals surface area (Å²) >= 11 is 0. The van der Waals surface area contributed by atoms with Crippen molar-refractivity contribution >= 4 is 38.8 Å². The molecule has 8 rings (SSSR count). The summed E-state index contributed by atoms with van der Waals surface area (Å²) in [7, 11) is 0. The Morgan fingerprint density at radius 1 is 0.275 bits per heavy atom. The summed E-state index contributed by atoms with van der Waals surface area (Å²) in [5.74, 6) is 0.810. The number of hydrogen-bond donors (Lipinski definition) is 0. The largest absolute Gasteiger partial charge is 0.416 e. The standard InChI is InChI=1S/C32H12BF24.C21H16NO/c34-25(35,36)13-1-14(26(37,38)39)6-21(5-13)33(22-7-15(27(40,41)42)2-16(8-22)28(43,44)45,23-9-17(29(46,47)48)3-18(10-23)30(49,50)51)24-11-19(31(52,53)54)4-20(12-24)32(55,56)57;1-2-6-17(7-3-1)19-10-12-21(13-11-19)23-22-15-14-18-8-4-5-9-20(18)16-22/h1-12H;1-16H/q-1;+1. The van der Waals surface area contributed by atoms with Crippen molar-refractivity contribution in [3.8, 4) is 16.9 Å². The molecule has 1 aromatic heterocycles. The van der Waals surface area contributed by atoms with Gasteiger partial charge in [0.15, 0.2) is 0 Å². The minimum Gasteiger partial charge on any atom is -0.232 e. The van der Waals surface area contributed by atoms with Gasteiger partial charge in [-0.3, -0.25) is 0 Å². The molecule has 0 unspecified atom stereocenters. The fourth-order valence-corrected chi connectivity index (χ4v) is 8.70. The lowest BCUT2D eigenvalue weighted by Crippen LogP contribution is -2.75. The van der Waals surface area contributed by atoms with Crippen LogP contribution < -0.4 is 31.4 Å². The van der Waals surface area contributed by atoms with Gasteiger partial charge in [-0.15, -0.1) is 0 Å². The number of halogens is 24.